The fraction of sp³-hybridized carbons (Fsp3) is 0.786. The van der Waals surface area contributed by atoms with Crippen molar-refractivity contribution in [1.82, 2.24) is 9.88 Å². The maximum atomic E-state index is 12.0. The number of sulfonamides is 1. The molecule has 1 atom stereocenters. The Kier molecular flexibility index (Phi) is 5.95. The molecule has 1 aromatic heterocycles. The van der Waals surface area contributed by atoms with Gasteiger partial charge in [-0.3, -0.25) is 0 Å². The average molecular weight is 318 g/mol. The van der Waals surface area contributed by atoms with Crippen LogP contribution in [0.2, 0.25) is 0 Å². The smallest absolute Gasteiger partial charge is 0.214 e. The predicted octanol–water partition coefficient (Wildman–Crippen LogP) is 1.96. The molecule has 1 unspecified atom stereocenters. The van der Waals surface area contributed by atoms with Gasteiger partial charge in [0.2, 0.25) is 10.0 Å². The van der Waals surface area contributed by atoms with Gasteiger partial charge >= 0.3 is 0 Å². The maximum absolute atomic E-state index is 12.0. The van der Waals surface area contributed by atoms with Crippen molar-refractivity contribution >= 4 is 10.0 Å². The van der Waals surface area contributed by atoms with E-state index < -0.39 is 10.0 Å². The summed E-state index contributed by atoms with van der Waals surface area (Å²) in [5.74, 6) is 0.686. The molecule has 0 radical (unpaired) electrons. The number of nitrogens with zero attached hydrogens (tertiary/aromatic N) is 1. The maximum Gasteiger partial charge on any atom is 0.214 e. The molecule has 1 N–H and O–H groups in total. The Balaban J connectivity index is 2.51. The summed E-state index contributed by atoms with van der Waals surface area (Å²) in [5.41, 5.74) is 1.42. The fourth-order valence-electron chi connectivity index (χ4n) is 1.96. The summed E-state index contributed by atoms with van der Waals surface area (Å²) < 4.78 is 37.2. The first-order chi connectivity index (χ1) is 9.50. The standard InChI is InChI=1S/C14H26N2O4S/c1-10(9-13-11(2)15-20-12(13)3)16-21(17,18)8-7-19-14(4,5)6/h10,16H,7-9H2,1-6H3. The molecule has 0 aliphatic carbocycles. The molecule has 7 heteroatoms. The molecule has 0 amide bonds. The highest BCUT2D eigenvalue weighted by Crippen LogP contribution is 2.14. The molecule has 1 heterocycles. The Morgan fingerprint density at radius 1 is 1.33 bits per heavy atom. The lowest BCUT2D eigenvalue weighted by Crippen LogP contribution is -2.37. The number of rotatable bonds is 7. The van der Waals surface area contributed by atoms with Gasteiger partial charge < -0.3 is 9.26 Å². The van der Waals surface area contributed by atoms with Crippen LogP contribution >= 0.6 is 0 Å². The van der Waals surface area contributed by atoms with E-state index in [-0.39, 0.29) is 24.0 Å². The Hall–Kier alpha value is -0.920. The van der Waals surface area contributed by atoms with Gasteiger partial charge in [-0.15, -0.1) is 0 Å². The van der Waals surface area contributed by atoms with Gasteiger partial charge in [-0.25, -0.2) is 13.1 Å². The molecule has 122 valence electrons. The van der Waals surface area contributed by atoms with E-state index in [0.717, 1.165) is 17.0 Å². The highest BCUT2D eigenvalue weighted by atomic mass is 32.2. The molecule has 0 spiro atoms. The summed E-state index contributed by atoms with van der Waals surface area (Å²) in [6.45, 7) is 11.4. The van der Waals surface area contributed by atoms with E-state index in [2.05, 4.69) is 9.88 Å². The third-order valence-electron chi connectivity index (χ3n) is 2.96. The van der Waals surface area contributed by atoms with Crippen molar-refractivity contribution in [3.63, 3.8) is 0 Å². The third kappa shape index (κ3) is 6.58. The number of aromatic nitrogens is 1. The van der Waals surface area contributed by atoms with E-state index in [1.165, 1.54) is 0 Å². The minimum atomic E-state index is -3.36. The lowest BCUT2D eigenvalue weighted by atomic mass is 10.1. The van der Waals surface area contributed by atoms with E-state index in [4.69, 9.17) is 9.26 Å². The molecule has 6 nitrogen and oxygen atoms in total. The molecule has 21 heavy (non-hydrogen) atoms. The number of aryl methyl sites for hydroxylation is 2. The molecule has 1 aromatic rings. The zero-order valence-corrected chi connectivity index (χ0v) is 14.5. The van der Waals surface area contributed by atoms with E-state index in [0.29, 0.717) is 6.42 Å². The zero-order valence-electron chi connectivity index (χ0n) is 13.7. The molecule has 0 aliphatic rings. The van der Waals surface area contributed by atoms with E-state index in [1.807, 2.05) is 41.5 Å². The van der Waals surface area contributed by atoms with Crippen molar-refractivity contribution in [2.75, 3.05) is 12.4 Å². The first kappa shape index (κ1) is 18.1. The Bertz CT molecular complexity index is 539. The van der Waals surface area contributed by atoms with Crippen LogP contribution < -0.4 is 4.72 Å². The first-order valence-corrected chi connectivity index (χ1v) is 8.71. The molecule has 0 saturated carbocycles. The SMILES string of the molecule is Cc1noc(C)c1CC(C)NS(=O)(=O)CCOC(C)(C)C. The van der Waals surface area contributed by atoms with Crippen LogP contribution in [0.1, 0.15) is 44.7 Å². The van der Waals surface area contributed by atoms with Crippen LogP contribution in [0.4, 0.5) is 0 Å². The summed E-state index contributed by atoms with van der Waals surface area (Å²) >= 11 is 0. The van der Waals surface area contributed by atoms with Gasteiger partial charge in [0.05, 0.1) is 23.7 Å². The predicted molar refractivity (Wildman–Crippen MR) is 81.8 cm³/mol. The van der Waals surface area contributed by atoms with Crippen LogP contribution in [0.15, 0.2) is 4.52 Å². The normalized spacial score (nSPS) is 14.4. The summed E-state index contributed by atoms with van der Waals surface area (Å²) in [5, 5.41) is 3.87. The number of hydrogen-bond donors (Lipinski definition) is 1. The number of hydrogen-bond acceptors (Lipinski definition) is 5. The lowest BCUT2D eigenvalue weighted by Gasteiger charge is -2.20. The summed E-state index contributed by atoms with van der Waals surface area (Å²) in [6, 6.07) is -0.221. The summed E-state index contributed by atoms with van der Waals surface area (Å²) in [7, 11) is -3.36. The second-order valence-corrected chi connectivity index (χ2v) is 8.18. The van der Waals surface area contributed by atoms with Crippen LogP contribution in [0.3, 0.4) is 0 Å². The highest BCUT2D eigenvalue weighted by Gasteiger charge is 2.19. The van der Waals surface area contributed by atoms with Gasteiger partial charge in [0.1, 0.15) is 5.76 Å². The minimum absolute atomic E-state index is 0.0454. The Morgan fingerprint density at radius 3 is 2.43 bits per heavy atom. The highest BCUT2D eigenvalue weighted by molar-refractivity contribution is 7.89. The van der Waals surface area contributed by atoms with Crippen LogP contribution in [0.25, 0.3) is 0 Å². The third-order valence-corrected chi connectivity index (χ3v) is 4.43. The molecule has 0 saturated heterocycles. The second kappa shape index (κ2) is 6.89. The first-order valence-electron chi connectivity index (χ1n) is 7.06. The quantitative estimate of drug-likeness (QED) is 0.831. The van der Waals surface area contributed by atoms with Crippen LogP contribution in [0, 0.1) is 13.8 Å². The van der Waals surface area contributed by atoms with Gasteiger partial charge in [-0.05, 0) is 48.0 Å². The van der Waals surface area contributed by atoms with Gasteiger partial charge in [0, 0.05) is 11.6 Å². The van der Waals surface area contributed by atoms with Crippen LogP contribution in [-0.4, -0.2) is 37.6 Å². The minimum Gasteiger partial charge on any atom is -0.375 e. The van der Waals surface area contributed by atoms with Gasteiger partial charge in [-0.1, -0.05) is 5.16 Å². The lowest BCUT2D eigenvalue weighted by molar-refractivity contribution is 0.00637. The van der Waals surface area contributed by atoms with E-state index >= 15 is 0 Å². The van der Waals surface area contributed by atoms with Crippen LogP contribution in [0.5, 0.6) is 0 Å². The molecule has 0 aromatic carbocycles. The molecule has 0 bridgehead atoms. The van der Waals surface area contributed by atoms with E-state index in [1.54, 1.807) is 0 Å². The summed E-state index contributed by atoms with van der Waals surface area (Å²) in [6.07, 6.45) is 0.556. The van der Waals surface area contributed by atoms with Crippen molar-refractivity contribution < 1.29 is 17.7 Å². The van der Waals surface area contributed by atoms with E-state index in [9.17, 15) is 8.42 Å². The monoisotopic (exact) mass is 318 g/mol. The average Bonchev–Trinajstić information content (AvgIpc) is 2.57. The van der Waals surface area contributed by atoms with Crippen molar-refractivity contribution in [2.24, 2.45) is 0 Å². The molecule has 0 aliphatic heterocycles. The number of ether oxygens (including phenoxy) is 1. The largest absolute Gasteiger partial charge is 0.375 e. The molecule has 1 rings (SSSR count). The summed E-state index contributed by atoms with van der Waals surface area (Å²) in [4.78, 5) is 0. The molecule has 0 fully saturated rings. The van der Waals surface area contributed by atoms with Crippen molar-refractivity contribution in [3.8, 4) is 0 Å². The number of nitrogens with one attached hydrogen (secondary N) is 1. The Morgan fingerprint density at radius 2 is 1.95 bits per heavy atom. The van der Waals surface area contributed by atoms with Gasteiger partial charge in [-0.2, -0.15) is 0 Å². The second-order valence-electron chi connectivity index (χ2n) is 6.31. The molecular formula is C14H26N2O4S. The fourth-order valence-corrected chi connectivity index (χ4v) is 3.08. The molecular weight excluding hydrogens is 292 g/mol. The van der Waals surface area contributed by atoms with Crippen molar-refractivity contribution in [1.29, 1.82) is 0 Å². The van der Waals surface area contributed by atoms with Crippen LogP contribution in [-0.2, 0) is 21.2 Å². The van der Waals surface area contributed by atoms with Gasteiger partial charge in [0.25, 0.3) is 0 Å². The van der Waals surface area contributed by atoms with Gasteiger partial charge in [0.15, 0.2) is 0 Å². The van der Waals surface area contributed by atoms with Crippen molar-refractivity contribution in [2.45, 2.75) is 59.6 Å². The Labute approximate surface area is 127 Å². The topological polar surface area (TPSA) is 81.4 Å². The zero-order chi connectivity index (χ0) is 16.3. The van der Waals surface area contributed by atoms with Crippen molar-refractivity contribution in [3.05, 3.63) is 17.0 Å².